The summed E-state index contributed by atoms with van der Waals surface area (Å²) in [5.74, 6) is 1.81. The van der Waals surface area contributed by atoms with Crippen LogP contribution in [0.25, 0.3) is 5.65 Å². The monoisotopic (exact) mass is 687 g/mol. The molecule has 0 saturated heterocycles. The molecule has 0 atom stereocenters. The van der Waals surface area contributed by atoms with Crippen molar-refractivity contribution in [3.8, 4) is 11.5 Å². The molecular formula is C31H34N5OPt-3. The fourth-order valence-corrected chi connectivity index (χ4v) is 4.81. The Balaban J connectivity index is 0.00000336. The summed E-state index contributed by atoms with van der Waals surface area (Å²) in [6.45, 7) is 15.2. The molecule has 0 spiro atoms. The van der Waals surface area contributed by atoms with Gasteiger partial charge in [-0.15, -0.1) is 30.0 Å². The number of hydrogen-bond donors (Lipinski definition) is 0. The molecule has 38 heavy (non-hydrogen) atoms. The van der Waals surface area contributed by atoms with Gasteiger partial charge in [0.25, 0.3) is 0 Å². The summed E-state index contributed by atoms with van der Waals surface area (Å²) in [5, 5.41) is 0. The molecule has 0 saturated carbocycles. The Morgan fingerprint density at radius 3 is 2.37 bits per heavy atom. The number of fused-ring (bicyclic) bond motifs is 1. The summed E-state index contributed by atoms with van der Waals surface area (Å²) in [5.41, 5.74) is 5.56. The first kappa shape index (κ1) is 27.9. The van der Waals surface area contributed by atoms with Crippen molar-refractivity contribution < 1.29 is 25.8 Å². The predicted molar refractivity (Wildman–Crippen MR) is 148 cm³/mol. The van der Waals surface area contributed by atoms with E-state index in [1.807, 2.05) is 78.5 Å². The number of imidazole rings is 1. The Bertz CT molecular complexity index is 1440. The SMILES string of the molecule is CC(C)c1nc2cc(Oc3[c-]c(N4C=CN(C)[CH-]4)ccc3)[c-]c(C(C)(C)c3ccccn3)n2c1C(C)C.[Pt]. The van der Waals surface area contributed by atoms with Gasteiger partial charge < -0.3 is 18.9 Å². The first-order chi connectivity index (χ1) is 17.6. The summed E-state index contributed by atoms with van der Waals surface area (Å²) in [7, 11) is 1.99. The Morgan fingerprint density at radius 2 is 1.74 bits per heavy atom. The minimum atomic E-state index is -0.442. The van der Waals surface area contributed by atoms with E-state index < -0.39 is 5.41 Å². The van der Waals surface area contributed by atoms with Gasteiger partial charge >= 0.3 is 0 Å². The van der Waals surface area contributed by atoms with E-state index in [-0.39, 0.29) is 21.1 Å². The van der Waals surface area contributed by atoms with E-state index >= 15 is 0 Å². The third-order valence-electron chi connectivity index (χ3n) is 6.70. The molecule has 3 aromatic heterocycles. The minimum Gasteiger partial charge on any atom is -0.521 e. The molecule has 1 aliphatic rings. The van der Waals surface area contributed by atoms with Crippen LogP contribution in [0.15, 0.2) is 61.1 Å². The third kappa shape index (κ3) is 5.24. The molecule has 6 nitrogen and oxygen atoms in total. The normalized spacial score (nSPS) is 13.6. The molecule has 0 N–H and O–H groups in total. The van der Waals surface area contributed by atoms with Crippen molar-refractivity contribution in [2.45, 2.75) is 58.8 Å². The van der Waals surface area contributed by atoms with Gasteiger partial charge in [0.2, 0.25) is 0 Å². The molecule has 4 heterocycles. The van der Waals surface area contributed by atoms with Crippen LogP contribution in [0.4, 0.5) is 5.69 Å². The fraction of sp³-hybridized carbons (Fsp3) is 0.323. The molecule has 202 valence electrons. The first-order valence-electron chi connectivity index (χ1n) is 12.8. The smallest absolute Gasteiger partial charge is 0.0635 e. The first-order valence-corrected chi connectivity index (χ1v) is 12.8. The zero-order valence-electron chi connectivity index (χ0n) is 23.0. The summed E-state index contributed by atoms with van der Waals surface area (Å²) in [6.07, 6.45) is 5.83. The van der Waals surface area contributed by atoms with Crippen molar-refractivity contribution in [1.82, 2.24) is 19.3 Å². The van der Waals surface area contributed by atoms with Gasteiger partial charge in [-0.2, -0.15) is 18.8 Å². The fourth-order valence-electron chi connectivity index (χ4n) is 4.81. The van der Waals surface area contributed by atoms with Crippen molar-refractivity contribution in [2.75, 3.05) is 11.9 Å². The number of pyridine rings is 2. The van der Waals surface area contributed by atoms with Gasteiger partial charge in [0.1, 0.15) is 0 Å². The standard InChI is InChI=1S/C31H34N5O.Pt/c1-21(2)29-30(22(3)4)36-27(31(5,6)26-13-8-9-14-32-26)18-25(19-28(36)33-29)37-24-12-10-11-23(17-24)35-16-15-34(7)20-35;/h8-16,19-22H,1-7H3;/q-3;. The maximum Gasteiger partial charge on any atom is 0.0635 e. The van der Waals surface area contributed by atoms with Crippen molar-refractivity contribution in [3.05, 3.63) is 103 Å². The number of benzene rings is 1. The maximum atomic E-state index is 6.39. The summed E-state index contributed by atoms with van der Waals surface area (Å²) >= 11 is 0. The molecule has 0 amide bonds. The zero-order valence-corrected chi connectivity index (χ0v) is 25.2. The van der Waals surface area contributed by atoms with Gasteiger partial charge in [-0.3, -0.25) is 9.97 Å². The predicted octanol–water partition coefficient (Wildman–Crippen LogP) is 7.03. The van der Waals surface area contributed by atoms with E-state index in [4.69, 9.17) is 14.7 Å². The average Bonchev–Trinajstić information content (AvgIpc) is 3.48. The maximum absolute atomic E-state index is 6.39. The van der Waals surface area contributed by atoms with Gasteiger partial charge in [-0.05, 0) is 49.2 Å². The Labute approximate surface area is 240 Å². The number of hydrogen-bond acceptors (Lipinski definition) is 5. The van der Waals surface area contributed by atoms with Crippen LogP contribution >= 0.6 is 0 Å². The summed E-state index contributed by atoms with van der Waals surface area (Å²) < 4.78 is 8.66. The molecule has 0 bridgehead atoms. The quantitative estimate of drug-likeness (QED) is 0.195. The van der Waals surface area contributed by atoms with Crippen LogP contribution in [0, 0.1) is 18.8 Å². The van der Waals surface area contributed by atoms with E-state index in [0.29, 0.717) is 23.3 Å². The van der Waals surface area contributed by atoms with Crippen LogP contribution < -0.4 is 9.64 Å². The Hall–Kier alpha value is -3.11. The van der Waals surface area contributed by atoms with Gasteiger partial charge in [0.05, 0.1) is 17.0 Å². The van der Waals surface area contributed by atoms with Crippen LogP contribution in [0.5, 0.6) is 11.5 Å². The number of aromatic nitrogens is 3. The van der Waals surface area contributed by atoms with Gasteiger partial charge in [-0.1, -0.05) is 53.3 Å². The van der Waals surface area contributed by atoms with Crippen LogP contribution in [0.1, 0.15) is 76.2 Å². The van der Waals surface area contributed by atoms with E-state index in [0.717, 1.165) is 28.4 Å². The molecule has 1 aliphatic heterocycles. The zero-order chi connectivity index (χ0) is 26.3. The topological polar surface area (TPSA) is 45.9 Å². The molecule has 0 fully saturated rings. The summed E-state index contributed by atoms with van der Waals surface area (Å²) in [6, 6.07) is 20.9. The number of nitrogens with zero attached hydrogens (tertiary/aromatic N) is 5. The number of rotatable bonds is 7. The Morgan fingerprint density at radius 1 is 0.947 bits per heavy atom. The molecule has 5 rings (SSSR count). The number of anilines is 1. The van der Waals surface area contributed by atoms with Crippen LogP contribution in [-0.2, 0) is 26.5 Å². The molecule has 0 radical (unpaired) electrons. The minimum absolute atomic E-state index is 0. The van der Waals surface area contributed by atoms with E-state index in [2.05, 4.69) is 64.1 Å². The van der Waals surface area contributed by atoms with Crippen LogP contribution in [0.3, 0.4) is 0 Å². The van der Waals surface area contributed by atoms with Crippen molar-refractivity contribution in [3.63, 3.8) is 0 Å². The van der Waals surface area contributed by atoms with E-state index in [1.165, 1.54) is 5.69 Å². The van der Waals surface area contributed by atoms with Crippen LogP contribution in [-0.4, -0.2) is 26.3 Å². The third-order valence-corrected chi connectivity index (χ3v) is 6.70. The second kappa shape index (κ2) is 10.9. The second-order valence-electron chi connectivity index (χ2n) is 10.7. The number of ether oxygens (including phenoxy) is 1. The average molecular weight is 688 g/mol. The van der Waals surface area contributed by atoms with E-state index in [9.17, 15) is 0 Å². The molecule has 4 aromatic rings. The van der Waals surface area contributed by atoms with Gasteiger partial charge in [0.15, 0.2) is 0 Å². The molecule has 0 aliphatic carbocycles. The molecular weight excluding hydrogens is 653 g/mol. The van der Waals surface area contributed by atoms with E-state index in [1.54, 1.807) is 0 Å². The molecule has 0 unspecified atom stereocenters. The molecule has 1 aromatic carbocycles. The van der Waals surface area contributed by atoms with Crippen molar-refractivity contribution in [2.24, 2.45) is 0 Å². The Kier molecular flexibility index (Phi) is 8.03. The van der Waals surface area contributed by atoms with Gasteiger partial charge in [-0.25, -0.2) is 0 Å². The summed E-state index contributed by atoms with van der Waals surface area (Å²) in [4.78, 5) is 13.8. The van der Waals surface area contributed by atoms with Crippen molar-refractivity contribution >= 4 is 11.3 Å². The van der Waals surface area contributed by atoms with Crippen molar-refractivity contribution in [1.29, 1.82) is 0 Å². The molecule has 7 heteroatoms. The van der Waals surface area contributed by atoms with Gasteiger partial charge in [0, 0.05) is 44.1 Å². The second-order valence-corrected chi connectivity index (χ2v) is 10.7. The van der Waals surface area contributed by atoms with Crippen LogP contribution in [0.2, 0.25) is 0 Å². The largest absolute Gasteiger partial charge is 0.521 e.